The predicted molar refractivity (Wildman–Crippen MR) is 89.9 cm³/mol. The van der Waals surface area contributed by atoms with Gasteiger partial charge in [0.05, 0.1) is 6.61 Å². The lowest BCUT2D eigenvalue weighted by Crippen LogP contribution is -2.29. The monoisotopic (exact) mass is 323 g/mol. The Hall–Kier alpha value is -2.09. The summed E-state index contributed by atoms with van der Waals surface area (Å²) in [6, 6.07) is 0. The van der Waals surface area contributed by atoms with Crippen molar-refractivity contribution in [2.75, 3.05) is 18.5 Å². The zero-order valence-corrected chi connectivity index (χ0v) is 13.8. The number of aromatic amines is 1. The van der Waals surface area contributed by atoms with Gasteiger partial charge in [-0.1, -0.05) is 32.6 Å². The van der Waals surface area contributed by atoms with Crippen LogP contribution in [-0.4, -0.2) is 37.4 Å². The molecule has 2 heterocycles. The molecule has 0 aliphatic rings. The first-order chi connectivity index (χ1) is 11.1. The van der Waals surface area contributed by atoms with E-state index in [0.717, 1.165) is 19.3 Å². The number of aryl methyl sites for hydroxylation is 2. The summed E-state index contributed by atoms with van der Waals surface area (Å²) in [5.41, 5.74) is -0.166. The van der Waals surface area contributed by atoms with Crippen LogP contribution in [0.25, 0.3) is 11.2 Å². The quantitative estimate of drug-likeness (QED) is 0.592. The molecule has 2 aromatic rings. The fourth-order valence-corrected chi connectivity index (χ4v) is 2.63. The number of nitrogens with one attached hydrogen (secondary N) is 2. The highest BCUT2D eigenvalue weighted by Crippen LogP contribution is 2.16. The van der Waals surface area contributed by atoms with Crippen LogP contribution in [0.3, 0.4) is 0 Å². The van der Waals surface area contributed by atoms with E-state index >= 15 is 0 Å². The first-order valence-electron chi connectivity index (χ1n) is 8.14. The van der Waals surface area contributed by atoms with Gasteiger partial charge in [-0.05, 0) is 6.42 Å². The highest BCUT2D eigenvalue weighted by Gasteiger charge is 2.16. The van der Waals surface area contributed by atoms with Gasteiger partial charge in [0.2, 0.25) is 5.95 Å². The fourth-order valence-electron chi connectivity index (χ4n) is 2.63. The minimum absolute atomic E-state index is 0.0327. The van der Waals surface area contributed by atoms with Crippen molar-refractivity contribution in [1.82, 2.24) is 19.1 Å². The van der Waals surface area contributed by atoms with E-state index in [9.17, 15) is 9.59 Å². The number of rotatable bonds is 9. The van der Waals surface area contributed by atoms with Crippen molar-refractivity contribution in [2.45, 2.75) is 45.6 Å². The van der Waals surface area contributed by atoms with Gasteiger partial charge in [0.25, 0.3) is 5.56 Å². The number of unbranched alkanes of at least 4 members (excludes halogenated alkanes) is 4. The molecule has 0 bridgehead atoms. The molecular formula is C15H25N5O3. The van der Waals surface area contributed by atoms with Gasteiger partial charge in [-0.2, -0.15) is 4.98 Å². The van der Waals surface area contributed by atoms with E-state index in [2.05, 4.69) is 22.2 Å². The van der Waals surface area contributed by atoms with Crippen molar-refractivity contribution >= 4 is 17.1 Å². The molecule has 2 rings (SSSR count). The second-order valence-electron chi connectivity index (χ2n) is 5.64. The number of aromatic nitrogens is 4. The van der Waals surface area contributed by atoms with Crippen LogP contribution in [0.2, 0.25) is 0 Å². The standard InChI is InChI=1S/C15H25N5O3/c1-3-4-5-6-7-9-20-11-12(17-14(20)16-8-10-21)19(2)15(23)18-13(11)22/h21H,3-10H2,1-2H3,(H,16,17)(H,18,22,23). The summed E-state index contributed by atoms with van der Waals surface area (Å²) in [4.78, 5) is 30.6. The molecule has 0 radical (unpaired) electrons. The summed E-state index contributed by atoms with van der Waals surface area (Å²) in [7, 11) is 1.58. The van der Waals surface area contributed by atoms with Gasteiger partial charge >= 0.3 is 5.69 Å². The summed E-state index contributed by atoms with van der Waals surface area (Å²) in [5, 5.41) is 12.0. The van der Waals surface area contributed by atoms with Crippen molar-refractivity contribution in [2.24, 2.45) is 7.05 Å². The number of nitrogens with zero attached hydrogens (tertiary/aromatic N) is 3. The van der Waals surface area contributed by atoms with E-state index in [1.54, 1.807) is 11.6 Å². The lowest BCUT2D eigenvalue weighted by atomic mass is 10.1. The summed E-state index contributed by atoms with van der Waals surface area (Å²) in [5.74, 6) is 0.510. The SMILES string of the molecule is CCCCCCCn1c(NCCO)nc2c1c(=O)[nH]c(=O)n2C. The van der Waals surface area contributed by atoms with E-state index in [1.165, 1.54) is 17.4 Å². The van der Waals surface area contributed by atoms with E-state index in [0.29, 0.717) is 30.2 Å². The Morgan fingerprint density at radius 1 is 1.22 bits per heavy atom. The highest BCUT2D eigenvalue weighted by molar-refractivity contribution is 5.74. The third kappa shape index (κ3) is 3.82. The third-order valence-electron chi connectivity index (χ3n) is 3.89. The summed E-state index contributed by atoms with van der Waals surface area (Å²) < 4.78 is 3.13. The van der Waals surface area contributed by atoms with Crippen molar-refractivity contribution in [3.8, 4) is 0 Å². The minimum Gasteiger partial charge on any atom is -0.395 e. The van der Waals surface area contributed by atoms with Crippen LogP contribution in [0.1, 0.15) is 39.0 Å². The molecule has 8 nitrogen and oxygen atoms in total. The zero-order valence-electron chi connectivity index (χ0n) is 13.8. The van der Waals surface area contributed by atoms with Crippen LogP contribution in [0.5, 0.6) is 0 Å². The maximum atomic E-state index is 12.2. The van der Waals surface area contributed by atoms with Crippen LogP contribution in [0, 0.1) is 0 Å². The van der Waals surface area contributed by atoms with Crippen LogP contribution >= 0.6 is 0 Å². The van der Waals surface area contributed by atoms with Gasteiger partial charge in [-0.15, -0.1) is 0 Å². The van der Waals surface area contributed by atoms with Gasteiger partial charge in [0.1, 0.15) is 0 Å². The Balaban J connectivity index is 2.36. The second kappa shape index (κ2) is 7.96. The van der Waals surface area contributed by atoms with Crippen molar-refractivity contribution in [3.63, 3.8) is 0 Å². The number of imidazole rings is 1. The first-order valence-corrected chi connectivity index (χ1v) is 8.14. The van der Waals surface area contributed by atoms with Gasteiger partial charge in [0.15, 0.2) is 11.2 Å². The predicted octanol–water partition coefficient (Wildman–Crippen LogP) is 0.798. The Morgan fingerprint density at radius 2 is 1.96 bits per heavy atom. The van der Waals surface area contributed by atoms with Crippen molar-refractivity contribution < 1.29 is 5.11 Å². The number of H-pyrrole nitrogens is 1. The lowest BCUT2D eigenvalue weighted by molar-refractivity contribution is 0.310. The molecule has 0 amide bonds. The molecule has 0 aromatic carbocycles. The summed E-state index contributed by atoms with van der Waals surface area (Å²) in [6.07, 6.45) is 5.56. The topological polar surface area (TPSA) is 105 Å². The van der Waals surface area contributed by atoms with E-state index in [4.69, 9.17) is 5.11 Å². The molecule has 0 saturated heterocycles. The number of hydrogen-bond donors (Lipinski definition) is 3. The average molecular weight is 323 g/mol. The molecule has 0 fully saturated rings. The molecule has 0 spiro atoms. The van der Waals surface area contributed by atoms with Crippen molar-refractivity contribution in [3.05, 3.63) is 20.8 Å². The van der Waals surface area contributed by atoms with Gasteiger partial charge < -0.3 is 15.0 Å². The fraction of sp³-hybridized carbons (Fsp3) is 0.667. The minimum atomic E-state index is -0.483. The largest absolute Gasteiger partial charge is 0.395 e. The second-order valence-corrected chi connectivity index (χ2v) is 5.64. The molecule has 0 aliphatic carbocycles. The van der Waals surface area contributed by atoms with Crippen LogP contribution in [0.4, 0.5) is 5.95 Å². The Bertz CT molecular complexity index is 759. The average Bonchev–Trinajstić information content (AvgIpc) is 2.90. The van der Waals surface area contributed by atoms with Gasteiger partial charge in [-0.3, -0.25) is 14.3 Å². The van der Waals surface area contributed by atoms with Crippen molar-refractivity contribution in [1.29, 1.82) is 0 Å². The van der Waals surface area contributed by atoms with Gasteiger partial charge in [0, 0.05) is 20.1 Å². The smallest absolute Gasteiger partial charge is 0.329 e. The Kier molecular flexibility index (Phi) is 5.97. The molecule has 23 heavy (non-hydrogen) atoms. The summed E-state index contributed by atoms with van der Waals surface area (Å²) >= 11 is 0. The highest BCUT2D eigenvalue weighted by atomic mass is 16.3. The molecule has 0 unspecified atom stereocenters. The number of anilines is 1. The molecular weight excluding hydrogens is 298 g/mol. The molecule has 0 aliphatic heterocycles. The van der Waals surface area contributed by atoms with Gasteiger partial charge in [-0.25, -0.2) is 4.79 Å². The van der Waals surface area contributed by atoms with Crippen LogP contribution in [0.15, 0.2) is 9.59 Å². The van der Waals surface area contributed by atoms with E-state index in [-0.39, 0.29) is 6.61 Å². The normalized spacial score (nSPS) is 11.3. The van der Waals surface area contributed by atoms with E-state index < -0.39 is 11.2 Å². The van der Waals surface area contributed by atoms with Crippen LogP contribution < -0.4 is 16.6 Å². The Labute approximate surface area is 134 Å². The molecule has 2 aromatic heterocycles. The lowest BCUT2D eigenvalue weighted by Gasteiger charge is -2.09. The maximum absolute atomic E-state index is 12.2. The van der Waals surface area contributed by atoms with Crippen LogP contribution in [-0.2, 0) is 13.6 Å². The number of aliphatic hydroxyl groups is 1. The Morgan fingerprint density at radius 3 is 2.65 bits per heavy atom. The summed E-state index contributed by atoms with van der Waals surface area (Å²) in [6.45, 7) is 3.12. The number of hydrogen-bond acceptors (Lipinski definition) is 5. The zero-order chi connectivity index (χ0) is 16.8. The van der Waals surface area contributed by atoms with E-state index in [1.807, 2.05) is 0 Å². The molecule has 0 atom stereocenters. The maximum Gasteiger partial charge on any atom is 0.329 e. The number of aliphatic hydroxyl groups excluding tert-OH is 1. The molecule has 3 N–H and O–H groups in total. The first kappa shape index (κ1) is 17.3. The number of fused-ring (bicyclic) bond motifs is 1. The third-order valence-corrected chi connectivity index (χ3v) is 3.89. The molecule has 128 valence electrons. The molecule has 0 saturated carbocycles. The molecule has 8 heteroatoms.